The molecule has 0 aliphatic heterocycles. The fourth-order valence-electron chi connectivity index (χ4n) is 2.48. The zero-order valence-corrected chi connectivity index (χ0v) is 10.8. The Morgan fingerprint density at radius 3 is 2.31 bits per heavy atom. The van der Waals surface area contributed by atoms with E-state index in [0.717, 1.165) is 25.9 Å². The van der Waals surface area contributed by atoms with Gasteiger partial charge in [0, 0.05) is 32.2 Å². The van der Waals surface area contributed by atoms with Crippen LogP contribution in [0.2, 0.25) is 0 Å². The molecule has 2 amide bonds. The van der Waals surface area contributed by atoms with Crippen molar-refractivity contribution < 1.29 is 4.79 Å². The standard InChI is InChI=1S/C12H25N3O/c1-4-15(5-2)12(16)14(3)11-9-7-6-8-10(11)13/h10-11H,4-9,13H2,1-3H3. The largest absolute Gasteiger partial charge is 0.326 e. The number of nitrogens with zero attached hydrogens (tertiary/aromatic N) is 2. The molecule has 0 spiro atoms. The van der Waals surface area contributed by atoms with Crippen LogP contribution in [0.1, 0.15) is 39.5 Å². The van der Waals surface area contributed by atoms with Crippen LogP contribution in [0, 0.1) is 0 Å². The van der Waals surface area contributed by atoms with Crippen molar-refractivity contribution >= 4 is 6.03 Å². The summed E-state index contributed by atoms with van der Waals surface area (Å²) in [6, 6.07) is 0.493. The quantitative estimate of drug-likeness (QED) is 0.797. The predicted molar refractivity (Wildman–Crippen MR) is 66.3 cm³/mol. The van der Waals surface area contributed by atoms with Gasteiger partial charge in [0.1, 0.15) is 0 Å². The molecular weight excluding hydrogens is 202 g/mol. The van der Waals surface area contributed by atoms with Crippen LogP contribution in [0.5, 0.6) is 0 Å². The van der Waals surface area contributed by atoms with E-state index < -0.39 is 0 Å². The first kappa shape index (κ1) is 13.3. The van der Waals surface area contributed by atoms with Crippen LogP contribution >= 0.6 is 0 Å². The Morgan fingerprint density at radius 2 is 1.81 bits per heavy atom. The average molecular weight is 227 g/mol. The van der Waals surface area contributed by atoms with Crippen LogP contribution in [-0.4, -0.2) is 48.1 Å². The normalized spacial score (nSPS) is 25.2. The van der Waals surface area contributed by atoms with Gasteiger partial charge in [-0.2, -0.15) is 0 Å². The van der Waals surface area contributed by atoms with E-state index in [1.165, 1.54) is 12.8 Å². The Balaban J connectivity index is 2.60. The molecule has 0 saturated heterocycles. The van der Waals surface area contributed by atoms with Gasteiger partial charge in [0.2, 0.25) is 0 Å². The Bertz CT molecular complexity index is 228. The third kappa shape index (κ3) is 2.88. The second-order valence-corrected chi connectivity index (χ2v) is 4.58. The molecule has 1 saturated carbocycles. The molecule has 1 fully saturated rings. The maximum absolute atomic E-state index is 12.1. The smallest absolute Gasteiger partial charge is 0.320 e. The Labute approximate surface area is 98.8 Å². The van der Waals surface area contributed by atoms with E-state index in [2.05, 4.69) is 0 Å². The van der Waals surface area contributed by atoms with Crippen molar-refractivity contribution in [2.24, 2.45) is 5.73 Å². The first-order chi connectivity index (χ1) is 7.61. The number of carbonyl (C=O) groups is 1. The van der Waals surface area contributed by atoms with Gasteiger partial charge >= 0.3 is 6.03 Å². The molecule has 16 heavy (non-hydrogen) atoms. The van der Waals surface area contributed by atoms with E-state index in [9.17, 15) is 4.79 Å². The Morgan fingerprint density at radius 1 is 1.25 bits per heavy atom. The summed E-state index contributed by atoms with van der Waals surface area (Å²) in [7, 11) is 1.89. The molecule has 0 bridgehead atoms. The molecule has 2 N–H and O–H groups in total. The fraction of sp³-hybridized carbons (Fsp3) is 0.917. The lowest BCUT2D eigenvalue weighted by Crippen LogP contribution is -2.53. The number of urea groups is 1. The van der Waals surface area contributed by atoms with Crippen LogP contribution in [0.3, 0.4) is 0 Å². The molecule has 0 radical (unpaired) electrons. The molecule has 2 atom stereocenters. The zero-order chi connectivity index (χ0) is 12.1. The van der Waals surface area contributed by atoms with Crippen LogP contribution in [0.25, 0.3) is 0 Å². The monoisotopic (exact) mass is 227 g/mol. The highest BCUT2D eigenvalue weighted by atomic mass is 16.2. The van der Waals surface area contributed by atoms with Gasteiger partial charge in [-0.15, -0.1) is 0 Å². The van der Waals surface area contributed by atoms with Crippen molar-refractivity contribution in [2.45, 2.75) is 51.6 Å². The van der Waals surface area contributed by atoms with Crippen LogP contribution in [0.4, 0.5) is 4.79 Å². The van der Waals surface area contributed by atoms with Gasteiger partial charge < -0.3 is 15.5 Å². The predicted octanol–water partition coefficient (Wildman–Crippen LogP) is 1.65. The number of likely N-dealkylation sites (N-methyl/N-ethyl adjacent to an activating group) is 1. The van der Waals surface area contributed by atoms with Gasteiger partial charge in [-0.05, 0) is 26.7 Å². The van der Waals surface area contributed by atoms with Crippen molar-refractivity contribution in [3.63, 3.8) is 0 Å². The number of nitrogens with two attached hydrogens (primary N) is 1. The third-order valence-corrected chi connectivity index (χ3v) is 3.61. The van der Waals surface area contributed by atoms with E-state index in [1.54, 1.807) is 0 Å². The van der Waals surface area contributed by atoms with E-state index in [0.29, 0.717) is 0 Å². The summed E-state index contributed by atoms with van der Waals surface area (Å²) in [6.07, 6.45) is 4.48. The number of amides is 2. The Hall–Kier alpha value is -0.770. The van der Waals surface area contributed by atoms with E-state index in [1.807, 2.05) is 30.7 Å². The zero-order valence-electron chi connectivity index (χ0n) is 10.8. The summed E-state index contributed by atoms with van der Waals surface area (Å²) in [5.74, 6) is 0. The van der Waals surface area contributed by atoms with Crippen molar-refractivity contribution in [3.05, 3.63) is 0 Å². The molecule has 4 heteroatoms. The van der Waals surface area contributed by atoms with E-state index >= 15 is 0 Å². The minimum absolute atomic E-state index is 0.118. The van der Waals surface area contributed by atoms with Crippen LogP contribution in [-0.2, 0) is 0 Å². The summed E-state index contributed by atoms with van der Waals surface area (Å²) in [5, 5.41) is 0. The van der Waals surface area contributed by atoms with E-state index in [-0.39, 0.29) is 18.1 Å². The minimum Gasteiger partial charge on any atom is -0.326 e. The summed E-state index contributed by atoms with van der Waals surface area (Å²) in [6.45, 7) is 5.55. The van der Waals surface area contributed by atoms with E-state index in [4.69, 9.17) is 5.73 Å². The summed E-state index contributed by atoms with van der Waals surface area (Å²) < 4.78 is 0. The molecule has 0 aromatic rings. The third-order valence-electron chi connectivity index (χ3n) is 3.61. The maximum Gasteiger partial charge on any atom is 0.320 e. The van der Waals surface area contributed by atoms with Crippen molar-refractivity contribution in [1.29, 1.82) is 0 Å². The number of carbonyl (C=O) groups excluding carboxylic acids is 1. The van der Waals surface area contributed by atoms with Crippen molar-refractivity contribution in [2.75, 3.05) is 20.1 Å². The molecule has 0 heterocycles. The second kappa shape index (κ2) is 6.09. The minimum atomic E-state index is 0.118. The van der Waals surface area contributed by atoms with Crippen LogP contribution in [0.15, 0.2) is 0 Å². The topological polar surface area (TPSA) is 49.6 Å². The molecule has 1 aliphatic rings. The highest BCUT2D eigenvalue weighted by Gasteiger charge is 2.29. The Kier molecular flexibility index (Phi) is 5.06. The molecular formula is C12H25N3O. The average Bonchev–Trinajstić information content (AvgIpc) is 2.30. The first-order valence-electron chi connectivity index (χ1n) is 6.39. The fourth-order valence-corrected chi connectivity index (χ4v) is 2.48. The van der Waals surface area contributed by atoms with Crippen molar-refractivity contribution in [3.8, 4) is 0 Å². The van der Waals surface area contributed by atoms with Gasteiger partial charge in [-0.25, -0.2) is 4.79 Å². The molecule has 1 aliphatic carbocycles. The van der Waals surface area contributed by atoms with Gasteiger partial charge in [0.15, 0.2) is 0 Å². The highest BCUT2D eigenvalue weighted by molar-refractivity contribution is 5.74. The second-order valence-electron chi connectivity index (χ2n) is 4.58. The van der Waals surface area contributed by atoms with Gasteiger partial charge in [-0.1, -0.05) is 12.8 Å². The summed E-state index contributed by atoms with van der Waals surface area (Å²) in [5.41, 5.74) is 6.09. The number of hydrogen-bond donors (Lipinski definition) is 1. The summed E-state index contributed by atoms with van der Waals surface area (Å²) >= 11 is 0. The van der Waals surface area contributed by atoms with Gasteiger partial charge in [0.25, 0.3) is 0 Å². The molecule has 1 rings (SSSR count). The molecule has 4 nitrogen and oxygen atoms in total. The SMILES string of the molecule is CCN(CC)C(=O)N(C)C1CCCCC1N. The molecule has 0 aromatic carbocycles. The lowest BCUT2D eigenvalue weighted by atomic mass is 9.90. The number of rotatable bonds is 3. The first-order valence-corrected chi connectivity index (χ1v) is 6.39. The summed E-state index contributed by atoms with van der Waals surface area (Å²) in [4.78, 5) is 15.8. The molecule has 2 unspecified atom stereocenters. The number of hydrogen-bond acceptors (Lipinski definition) is 2. The maximum atomic E-state index is 12.1. The van der Waals surface area contributed by atoms with Crippen molar-refractivity contribution in [1.82, 2.24) is 9.80 Å². The van der Waals surface area contributed by atoms with Gasteiger partial charge in [-0.3, -0.25) is 0 Å². The lowest BCUT2D eigenvalue weighted by Gasteiger charge is -2.38. The van der Waals surface area contributed by atoms with Gasteiger partial charge in [0.05, 0.1) is 0 Å². The highest BCUT2D eigenvalue weighted by Crippen LogP contribution is 2.21. The van der Waals surface area contributed by atoms with Crippen LogP contribution < -0.4 is 5.73 Å². The molecule has 0 aromatic heterocycles. The lowest BCUT2D eigenvalue weighted by molar-refractivity contribution is 0.130. The molecule has 94 valence electrons.